The van der Waals surface area contributed by atoms with Crippen molar-refractivity contribution >= 4 is 15.7 Å². The Labute approximate surface area is 133 Å². The largest absolute Gasteiger partial charge is 0.378 e. The van der Waals surface area contributed by atoms with Gasteiger partial charge in [0.1, 0.15) is 15.9 Å². The first-order chi connectivity index (χ1) is 10.4. The zero-order valence-electron chi connectivity index (χ0n) is 13.6. The fourth-order valence-corrected chi connectivity index (χ4v) is 4.10. The van der Waals surface area contributed by atoms with Crippen molar-refractivity contribution < 1.29 is 17.9 Å². The third kappa shape index (κ3) is 5.21. The van der Waals surface area contributed by atoms with E-state index < -0.39 is 9.84 Å². The van der Waals surface area contributed by atoms with E-state index in [1.54, 1.807) is 0 Å². The van der Waals surface area contributed by atoms with Gasteiger partial charge in [-0.15, -0.1) is 0 Å². The Morgan fingerprint density at radius 1 is 1.36 bits per heavy atom. The van der Waals surface area contributed by atoms with Crippen LogP contribution in [0.4, 0.5) is 0 Å². The first kappa shape index (κ1) is 17.7. The van der Waals surface area contributed by atoms with Crippen LogP contribution < -0.4 is 5.32 Å². The summed E-state index contributed by atoms with van der Waals surface area (Å²) >= 11 is 0. The molecule has 0 unspecified atom stereocenters. The minimum atomic E-state index is -2.99. The van der Waals surface area contributed by atoms with Crippen LogP contribution in [-0.2, 0) is 19.4 Å². The number of carbonyl (C=O) groups excluding carboxylic acids is 1. The molecule has 1 heterocycles. The van der Waals surface area contributed by atoms with Gasteiger partial charge < -0.3 is 10.1 Å². The van der Waals surface area contributed by atoms with Crippen molar-refractivity contribution in [2.24, 2.45) is 0 Å². The van der Waals surface area contributed by atoms with Gasteiger partial charge >= 0.3 is 0 Å². The summed E-state index contributed by atoms with van der Waals surface area (Å²) in [7, 11) is -2.99. The maximum Gasteiger partial charge on any atom is 0.239 e. The zero-order chi connectivity index (χ0) is 16.2. The van der Waals surface area contributed by atoms with E-state index in [1.165, 1.54) is 19.1 Å². The maximum atomic E-state index is 12.5. The van der Waals surface area contributed by atoms with Gasteiger partial charge in [0.25, 0.3) is 0 Å². The van der Waals surface area contributed by atoms with Gasteiger partial charge in [-0.3, -0.25) is 9.69 Å². The van der Waals surface area contributed by atoms with Crippen molar-refractivity contribution in [1.82, 2.24) is 10.2 Å². The molecule has 6 nitrogen and oxygen atoms in total. The van der Waals surface area contributed by atoms with Gasteiger partial charge in [0.2, 0.25) is 5.91 Å². The summed E-state index contributed by atoms with van der Waals surface area (Å²) in [6.45, 7) is 3.78. The van der Waals surface area contributed by atoms with Crippen LogP contribution >= 0.6 is 0 Å². The molecule has 1 saturated heterocycles. The summed E-state index contributed by atoms with van der Waals surface area (Å²) < 4.78 is 27.9. The summed E-state index contributed by atoms with van der Waals surface area (Å²) in [4.78, 5) is 14.8. The molecule has 1 saturated carbocycles. The Balaban J connectivity index is 1.88. The minimum Gasteiger partial charge on any atom is -0.378 e. The molecule has 128 valence electrons. The van der Waals surface area contributed by atoms with E-state index in [4.69, 9.17) is 4.74 Å². The van der Waals surface area contributed by atoms with Crippen molar-refractivity contribution in [3.05, 3.63) is 0 Å². The topological polar surface area (TPSA) is 75.7 Å². The number of sulfone groups is 1. The van der Waals surface area contributed by atoms with Crippen LogP contribution in [0.3, 0.4) is 0 Å². The van der Waals surface area contributed by atoms with Crippen LogP contribution in [0, 0.1) is 0 Å². The van der Waals surface area contributed by atoms with Crippen molar-refractivity contribution in [3.8, 4) is 0 Å². The molecule has 0 bridgehead atoms. The highest BCUT2D eigenvalue weighted by Crippen LogP contribution is 2.26. The van der Waals surface area contributed by atoms with Gasteiger partial charge in [0, 0.05) is 24.9 Å². The molecule has 2 aliphatic rings. The van der Waals surface area contributed by atoms with Crippen molar-refractivity contribution in [2.75, 3.05) is 31.8 Å². The summed E-state index contributed by atoms with van der Waals surface area (Å²) in [5.41, 5.74) is 0. The molecule has 2 rings (SSSR count). The standard InChI is InChI=1S/C15H28N2O4S/c1-12(7-10-22(2,19)20)16-15(18)14-11-21-9-8-17(14)13-5-3-4-6-13/h12-14H,3-11H2,1-2H3,(H,16,18)/t12-,14-/m1/s1. The predicted molar refractivity (Wildman–Crippen MR) is 85.5 cm³/mol. The zero-order valence-corrected chi connectivity index (χ0v) is 14.4. The lowest BCUT2D eigenvalue weighted by Crippen LogP contribution is -2.57. The lowest BCUT2D eigenvalue weighted by Gasteiger charge is -2.39. The number of nitrogens with one attached hydrogen (secondary N) is 1. The molecule has 22 heavy (non-hydrogen) atoms. The average Bonchev–Trinajstić information content (AvgIpc) is 2.98. The van der Waals surface area contributed by atoms with E-state index in [1.807, 2.05) is 6.92 Å². The molecule has 1 N–H and O–H groups in total. The van der Waals surface area contributed by atoms with Crippen LogP contribution in [0.25, 0.3) is 0 Å². The molecule has 0 spiro atoms. The third-order valence-electron chi connectivity index (χ3n) is 4.58. The number of ether oxygens (including phenoxy) is 1. The lowest BCUT2D eigenvalue weighted by atomic mass is 10.1. The van der Waals surface area contributed by atoms with Gasteiger partial charge in [0.15, 0.2) is 0 Å². The summed E-state index contributed by atoms with van der Waals surface area (Å²) in [5.74, 6) is 0.0645. The highest BCUT2D eigenvalue weighted by atomic mass is 32.2. The second kappa shape index (κ2) is 7.75. The van der Waals surface area contributed by atoms with Gasteiger partial charge in [-0.05, 0) is 26.2 Å². The van der Waals surface area contributed by atoms with Crippen molar-refractivity contribution in [2.45, 2.75) is 57.2 Å². The number of amides is 1. The van der Waals surface area contributed by atoms with E-state index in [9.17, 15) is 13.2 Å². The first-order valence-electron chi connectivity index (χ1n) is 8.18. The fraction of sp³-hybridized carbons (Fsp3) is 0.933. The normalized spacial score (nSPS) is 26.0. The lowest BCUT2D eigenvalue weighted by molar-refractivity contribution is -0.135. The predicted octanol–water partition coefficient (Wildman–Crippen LogP) is 0.569. The summed E-state index contributed by atoms with van der Waals surface area (Å²) in [6, 6.07) is 0.109. The molecule has 7 heteroatoms. The van der Waals surface area contributed by atoms with E-state index in [-0.39, 0.29) is 23.7 Å². The fourth-order valence-electron chi connectivity index (χ4n) is 3.32. The van der Waals surface area contributed by atoms with Crippen LogP contribution in [-0.4, -0.2) is 69.1 Å². The van der Waals surface area contributed by atoms with Crippen LogP contribution in [0.15, 0.2) is 0 Å². The Morgan fingerprint density at radius 3 is 2.68 bits per heavy atom. The number of hydrogen-bond acceptors (Lipinski definition) is 5. The summed E-state index contributed by atoms with van der Waals surface area (Å²) in [6.07, 6.45) is 6.46. The number of morpholine rings is 1. The molecule has 0 aromatic heterocycles. The SMILES string of the molecule is C[C@H](CCS(C)(=O)=O)NC(=O)[C@H]1COCCN1C1CCCC1. The second-order valence-corrected chi connectivity index (χ2v) is 8.85. The smallest absolute Gasteiger partial charge is 0.239 e. The molecule has 0 aromatic carbocycles. The summed E-state index contributed by atoms with van der Waals surface area (Å²) in [5, 5.41) is 2.95. The first-order valence-corrected chi connectivity index (χ1v) is 10.2. The van der Waals surface area contributed by atoms with Crippen LogP contribution in [0.5, 0.6) is 0 Å². The molecule has 0 radical (unpaired) electrons. The molecule has 1 amide bonds. The number of hydrogen-bond donors (Lipinski definition) is 1. The Kier molecular flexibility index (Phi) is 6.23. The van der Waals surface area contributed by atoms with E-state index in [0.717, 1.165) is 19.4 Å². The van der Waals surface area contributed by atoms with Gasteiger partial charge in [-0.1, -0.05) is 12.8 Å². The molecular weight excluding hydrogens is 304 g/mol. The Bertz CT molecular complexity index is 474. The Morgan fingerprint density at radius 2 is 2.05 bits per heavy atom. The van der Waals surface area contributed by atoms with Crippen LogP contribution in [0.1, 0.15) is 39.0 Å². The van der Waals surface area contributed by atoms with Crippen molar-refractivity contribution in [3.63, 3.8) is 0 Å². The van der Waals surface area contributed by atoms with E-state index >= 15 is 0 Å². The third-order valence-corrected chi connectivity index (χ3v) is 5.55. The molecule has 1 aliphatic carbocycles. The Hall–Kier alpha value is -0.660. The minimum absolute atomic E-state index is 0.0346. The second-order valence-electron chi connectivity index (χ2n) is 6.60. The highest BCUT2D eigenvalue weighted by molar-refractivity contribution is 7.90. The number of rotatable bonds is 6. The molecule has 2 atom stereocenters. The number of carbonyl (C=O) groups is 1. The monoisotopic (exact) mass is 332 g/mol. The van der Waals surface area contributed by atoms with Gasteiger partial charge in [-0.2, -0.15) is 0 Å². The molecular formula is C15H28N2O4S. The molecule has 1 aliphatic heterocycles. The molecule has 2 fully saturated rings. The molecule has 0 aromatic rings. The van der Waals surface area contributed by atoms with Crippen molar-refractivity contribution in [1.29, 1.82) is 0 Å². The van der Waals surface area contributed by atoms with E-state index in [0.29, 0.717) is 25.7 Å². The van der Waals surface area contributed by atoms with Crippen LogP contribution in [0.2, 0.25) is 0 Å². The van der Waals surface area contributed by atoms with Gasteiger partial charge in [-0.25, -0.2) is 8.42 Å². The van der Waals surface area contributed by atoms with Gasteiger partial charge in [0.05, 0.1) is 19.0 Å². The maximum absolute atomic E-state index is 12.5. The highest BCUT2D eigenvalue weighted by Gasteiger charge is 2.35. The van der Waals surface area contributed by atoms with E-state index in [2.05, 4.69) is 10.2 Å². The average molecular weight is 332 g/mol. The quantitative estimate of drug-likeness (QED) is 0.769. The number of nitrogens with zero attached hydrogens (tertiary/aromatic N) is 1.